The summed E-state index contributed by atoms with van der Waals surface area (Å²) >= 11 is 0. The summed E-state index contributed by atoms with van der Waals surface area (Å²) in [5.41, 5.74) is 0.736. The van der Waals surface area contributed by atoms with Crippen molar-refractivity contribution < 1.29 is 24.3 Å². The second kappa shape index (κ2) is 16.7. The van der Waals surface area contributed by atoms with Gasteiger partial charge in [0.2, 0.25) is 17.7 Å². The quantitative estimate of drug-likeness (QED) is 0.118. The first-order valence-electron chi connectivity index (χ1n) is 13.1. The van der Waals surface area contributed by atoms with Crippen molar-refractivity contribution in [3.8, 4) is 5.75 Å². The fourth-order valence-electron chi connectivity index (χ4n) is 3.74. The molecule has 202 valence electrons. The van der Waals surface area contributed by atoms with Gasteiger partial charge in [-0.3, -0.25) is 19.2 Å². The second-order valence-corrected chi connectivity index (χ2v) is 9.38. The number of carbonyl (C=O) groups excluding carboxylic acids is 4. The molecule has 9 nitrogen and oxygen atoms in total. The number of hydrogen-bond acceptors (Lipinski definition) is 6. The van der Waals surface area contributed by atoms with Gasteiger partial charge in [-0.2, -0.15) is 0 Å². The molecular formula is C27H44N4O5. The van der Waals surface area contributed by atoms with E-state index in [0.717, 1.165) is 31.2 Å². The molecule has 36 heavy (non-hydrogen) atoms. The highest BCUT2D eigenvalue weighted by Crippen LogP contribution is 2.14. The molecule has 0 fully saturated rings. The molecule has 0 saturated carbocycles. The summed E-state index contributed by atoms with van der Waals surface area (Å²) in [7, 11) is 0. The smallest absolute Gasteiger partial charge is 0.266 e. The van der Waals surface area contributed by atoms with E-state index in [1.54, 1.807) is 19.1 Å². The van der Waals surface area contributed by atoms with Gasteiger partial charge in [-0.05, 0) is 36.5 Å². The van der Waals surface area contributed by atoms with Crippen LogP contribution in [0.4, 0.5) is 0 Å². The molecule has 1 aromatic rings. The van der Waals surface area contributed by atoms with E-state index in [1.165, 1.54) is 12.1 Å². The minimum absolute atomic E-state index is 0.0948. The van der Waals surface area contributed by atoms with E-state index in [9.17, 15) is 24.3 Å². The Hall–Kier alpha value is -2.94. The Bertz CT molecular complexity index is 843. The zero-order chi connectivity index (χ0) is 27.1. The molecule has 5 N–H and O–H groups in total. The maximum Gasteiger partial charge on any atom is 0.266 e. The number of nitrogens with two attached hydrogens (primary N) is 1. The van der Waals surface area contributed by atoms with Crippen molar-refractivity contribution in [1.82, 2.24) is 15.6 Å². The lowest BCUT2D eigenvalue weighted by Gasteiger charge is -2.29. The summed E-state index contributed by atoms with van der Waals surface area (Å²) in [5, 5.41) is 15.7. The molecule has 0 spiro atoms. The van der Waals surface area contributed by atoms with Gasteiger partial charge in [0.15, 0.2) is 0 Å². The Labute approximate surface area is 215 Å². The van der Waals surface area contributed by atoms with Crippen molar-refractivity contribution in [3.63, 3.8) is 0 Å². The van der Waals surface area contributed by atoms with Gasteiger partial charge in [-0.1, -0.05) is 71.9 Å². The van der Waals surface area contributed by atoms with Crippen LogP contribution in [0.15, 0.2) is 24.3 Å². The molecular weight excluding hydrogens is 460 g/mol. The predicted molar refractivity (Wildman–Crippen MR) is 139 cm³/mol. The lowest BCUT2D eigenvalue weighted by atomic mass is 9.96. The van der Waals surface area contributed by atoms with Crippen LogP contribution in [0.25, 0.3) is 0 Å². The molecule has 0 aromatic heterocycles. The number of phenols is 1. The van der Waals surface area contributed by atoms with Gasteiger partial charge in [0.25, 0.3) is 5.91 Å². The Kier molecular flexibility index (Phi) is 14.4. The van der Waals surface area contributed by atoms with E-state index < -0.39 is 29.8 Å². The number of imide groups is 1. The molecule has 0 aliphatic carbocycles. The van der Waals surface area contributed by atoms with E-state index in [4.69, 9.17) is 5.84 Å². The number of nitrogens with zero attached hydrogens (tertiary/aromatic N) is 1. The Morgan fingerprint density at radius 2 is 1.50 bits per heavy atom. The number of carbonyl (C=O) groups is 4. The Morgan fingerprint density at radius 3 is 2.06 bits per heavy atom. The predicted octanol–water partition coefficient (Wildman–Crippen LogP) is 3.34. The van der Waals surface area contributed by atoms with E-state index in [-0.39, 0.29) is 30.4 Å². The third-order valence-electron chi connectivity index (χ3n) is 6.31. The monoisotopic (exact) mass is 504 g/mol. The van der Waals surface area contributed by atoms with Crippen LogP contribution in [0.1, 0.15) is 91.0 Å². The second-order valence-electron chi connectivity index (χ2n) is 9.38. The fraction of sp³-hybridized carbons (Fsp3) is 0.630. The van der Waals surface area contributed by atoms with E-state index in [0.29, 0.717) is 30.7 Å². The van der Waals surface area contributed by atoms with Crippen LogP contribution in [-0.2, 0) is 25.6 Å². The number of hydrogen-bond donors (Lipinski definition) is 4. The summed E-state index contributed by atoms with van der Waals surface area (Å²) in [6, 6.07) is 4.42. The van der Waals surface area contributed by atoms with E-state index in [2.05, 4.69) is 10.6 Å². The third-order valence-corrected chi connectivity index (χ3v) is 6.31. The van der Waals surface area contributed by atoms with E-state index in [1.807, 2.05) is 20.8 Å². The number of aromatic hydroxyl groups is 1. The average molecular weight is 505 g/mol. The van der Waals surface area contributed by atoms with Crippen LogP contribution in [0.3, 0.4) is 0 Å². The number of benzene rings is 1. The topological polar surface area (TPSA) is 142 Å². The minimum Gasteiger partial charge on any atom is -0.508 e. The summed E-state index contributed by atoms with van der Waals surface area (Å²) in [4.78, 5) is 51.4. The number of amides is 4. The van der Waals surface area contributed by atoms with Crippen molar-refractivity contribution in [1.29, 1.82) is 0 Å². The number of unbranched alkanes of at least 4 members (excludes halogenated alkanes) is 4. The van der Waals surface area contributed by atoms with Crippen LogP contribution >= 0.6 is 0 Å². The summed E-state index contributed by atoms with van der Waals surface area (Å²) in [6.07, 6.45) is 6.22. The standard InChI is InChI=1S/C27H44N4O5/c1-5-8-10-12-23(33)29-22(18-20-14-16-21(32)17-15-20)26(35)30-25(19(4)7-3)27(36)31(28)24(34)13-11-9-6-2/h14-17,19,22,25,32H,5-13,18,28H2,1-4H3,(H,29,33)(H,30,35). The SMILES string of the molecule is CCCCCC(=O)NC(Cc1ccc(O)cc1)C(=O)NC(C(=O)N(N)C(=O)CCCCC)C(C)CC. The molecule has 0 saturated heterocycles. The van der Waals surface area contributed by atoms with Crippen LogP contribution in [0.5, 0.6) is 5.75 Å². The highest BCUT2D eigenvalue weighted by molar-refractivity contribution is 5.99. The van der Waals surface area contributed by atoms with E-state index >= 15 is 0 Å². The van der Waals surface area contributed by atoms with Gasteiger partial charge >= 0.3 is 0 Å². The molecule has 0 radical (unpaired) electrons. The van der Waals surface area contributed by atoms with Gasteiger partial charge in [0, 0.05) is 19.3 Å². The summed E-state index contributed by atoms with van der Waals surface area (Å²) in [5.74, 6) is 3.74. The molecule has 0 aliphatic heterocycles. The largest absolute Gasteiger partial charge is 0.508 e. The molecule has 3 atom stereocenters. The maximum absolute atomic E-state index is 13.3. The van der Waals surface area contributed by atoms with Crippen molar-refractivity contribution in [2.75, 3.05) is 0 Å². The van der Waals surface area contributed by atoms with Gasteiger partial charge in [-0.15, -0.1) is 0 Å². The zero-order valence-corrected chi connectivity index (χ0v) is 22.2. The molecule has 1 aromatic carbocycles. The molecule has 9 heteroatoms. The molecule has 4 amide bonds. The normalized spacial score (nSPS) is 13.4. The van der Waals surface area contributed by atoms with Crippen LogP contribution < -0.4 is 16.5 Å². The van der Waals surface area contributed by atoms with Gasteiger partial charge in [0.1, 0.15) is 17.8 Å². The first kappa shape index (κ1) is 31.1. The third kappa shape index (κ3) is 10.8. The summed E-state index contributed by atoms with van der Waals surface area (Å²) < 4.78 is 0. The molecule has 0 bridgehead atoms. The molecule has 3 unspecified atom stereocenters. The minimum atomic E-state index is -1.01. The van der Waals surface area contributed by atoms with Crippen LogP contribution in [0, 0.1) is 5.92 Å². The van der Waals surface area contributed by atoms with Gasteiger partial charge < -0.3 is 15.7 Å². The Morgan fingerprint density at radius 1 is 0.917 bits per heavy atom. The Balaban J connectivity index is 3.04. The molecule has 0 heterocycles. The molecule has 1 rings (SSSR count). The lowest BCUT2D eigenvalue weighted by molar-refractivity contribution is -0.149. The maximum atomic E-state index is 13.3. The first-order valence-corrected chi connectivity index (χ1v) is 13.1. The number of nitrogens with one attached hydrogen (secondary N) is 2. The first-order chi connectivity index (χ1) is 17.1. The average Bonchev–Trinajstić information content (AvgIpc) is 2.86. The number of phenolic OH excluding ortho intramolecular Hbond substituents is 1. The van der Waals surface area contributed by atoms with Gasteiger partial charge in [-0.25, -0.2) is 10.9 Å². The summed E-state index contributed by atoms with van der Waals surface area (Å²) in [6.45, 7) is 7.74. The highest BCUT2D eigenvalue weighted by Gasteiger charge is 2.33. The van der Waals surface area contributed by atoms with Crippen LogP contribution in [0.2, 0.25) is 0 Å². The lowest BCUT2D eigenvalue weighted by Crippen LogP contribution is -2.59. The van der Waals surface area contributed by atoms with Crippen LogP contribution in [-0.4, -0.2) is 45.8 Å². The number of rotatable bonds is 16. The zero-order valence-electron chi connectivity index (χ0n) is 22.2. The van der Waals surface area contributed by atoms with Crippen molar-refractivity contribution in [2.45, 2.75) is 104 Å². The number of hydrazine groups is 1. The van der Waals surface area contributed by atoms with Crippen molar-refractivity contribution >= 4 is 23.6 Å². The highest BCUT2D eigenvalue weighted by atomic mass is 16.3. The fourth-order valence-corrected chi connectivity index (χ4v) is 3.74. The van der Waals surface area contributed by atoms with Crippen molar-refractivity contribution in [3.05, 3.63) is 29.8 Å². The molecule has 0 aliphatic rings. The van der Waals surface area contributed by atoms with Gasteiger partial charge in [0.05, 0.1) is 0 Å². The van der Waals surface area contributed by atoms with Crippen molar-refractivity contribution in [2.24, 2.45) is 11.8 Å².